The second-order valence-electron chi connectivity index (χ2n) is 9.59. The van der Waals surface area contributed by atoms with Gasteiger partial charge in [0.2, 0.25) is 5.91 Å². The molecule has 0 spiro atoms. The van der Waals surface area contributed by atoms with Gasteiger partial charge in [0.15, 0.2) is 0 Å². The molecule has 2 aromatic rings. The van der Waals surface area contributed by atoms with Crippen molar-refractivity contribution in [2.75, 3.05) is 45.6 Å². The summed E-state index contributed by atoms with van der Waals surface area (Å²) in [7, 11) is 1.57. The summed E-state index contributed by atoms with van der Waals surface area (Å²) in [6.07, 6.45) is -0.454. The molecule has 4 rings (SSSR count). The lowest BCUT2D eigenvalue weighted by Crippen LogP contribution is -2.43. The highest BCUT2D eigenvalue weighted by atomic mass is 19.4. The first kappa shape index (κ1) is 26.1. The number of alkyl halides is 3. The lowest BCUT2D eigenvalue weighted by atomic mass is 9.89. The minimum absolute atomic E-state index is 0.0478. The molecule has 9 heteroatoms. The van der Waals surface area contributed by atoms with Crippen molar-refractivity contribution in [2.24, 2.45) is 0 Å². The Hall–Kier alpha value is -2.94. The quantitative estimate of drug-likeness (QED) is 0.540. The smallest absolute Gasteiger partial charge is 0.416 e. The first-order chi connectivity index (χ1) is 17.2. The van der Waals surface area contributed by atoms with E-state index in [0.29, 0.717) is 43.2 Å². The lowest BCUT2D eigenvalue weighted by Gasteiger charge is -2.34. The summed E-state index contributed by atoms with van der Waals surface area (Å²) in [5, 5.41) is 0. The van der Waals surface area contributed by atoms with Gasteiger partial charge in [0.05, 0.1) is 18.4 Å². The molecule has 36 heavy (non-hydrogen) atoms. The number of nitrogens with two attached hydrogens (primary N) is 1. The van der Waals surface area contributed by atoms with E-state index in [2.05, 4.69) is 4.90 Å². The maximum absolute atomic E-state index is 12.8. The van der Waals surface area contributed by atoms with E-state index in [9.17, 15) is 18.0 Å². The molecule has 0 bridgehead atoms. The Bertz CT molecular complexity index is 1010. The third kappa shape index (κ3) is 6.63. The molecule has 1 amide bonds. The summed E-state index contributed by atoms with van der Waals surface area (Å²) < 4.78 is 49.7. The van der Waals surface area contributed by atoms with Gasteiger partial charge in [0.25, 0.3) is 0 Å². The molecule has 2 aliphatic rings. The first-order valence-electron chi connectivity index (χ1n) is 12.5. The van der Waals surface area contributed by atoms with Gasteiger partial charge < -0.3 is 25.0 Å². The van der Waals surface area contributed by atoms with E-state index in [0.717, 1.165) is 44.3 Å². The second-order valence-corrected chi connectivity index (χ2v) is 9.59. The summed E-state index contributed by atoms with van der Waals surface area (Å²) >= 11 is 0. The monoisotopic (exact) mass is 505 g/mol. The highest BCUT2D eigenvalue weighted by Crippen LogP contribution is 2.33. The van der Waals surface area contributed by atoms with Gasteiger partial charge in [-0.05, 0) is 61.7 Å². The molecular formula is C27H34F3N3O3. The van der Waals surface area contributed by atoms with Crippen LogP contribution in [0.3, 0.4) is 0 Å². The normalized spacial score (nSPS) is 18.3. The second kappa shape index (κ2) is 11.4. The third-order valence-electron chi connectivity index (χ3n) is 7.24. The van der Waals surface area contributed by atoms with Crippen molar-refractivity contribution in [1.82, 2.24) is 9.80 Å². The van der Waals surface area contributed by atoms with Gasteiger partial charge in [0.1, 0.15) is 17.6 Å². The number of hydrogen-bond acceptors (Lipinski definition) is 5. The molecule has 0 unspecified atom stereocenters. The highest BCUT2D eigenvalue weighted by molar-refractivity contribution is 5.76. The van der Waals surface area contributed by atoms with E-state index in [1.54, 1.807) is 31.4 Å². The number of nitrogens with zero attached hydrogens (tertiary/aromatic N) is 2. The molecule has 0 radical (unpaired) electrons. The van der Waals surface area contributed by atoms with Gasteiger partial charge in [-0.1, -0.05) is 12.1 Å². The molecule has 2 aromatic carbocycles. The lowest BCUT2D eigenvalue weighted by molar-refractivity contribution is -0.137. The zero-order chi connectivity index (χ0) is 25.7. The third-order valence-corrected chi connectivity index (χ3v) is 7.24. The number of anilines is 1. The van der Waals surface area contributed by atoms with Gasteiger partial charge in [-0.25, -0.2) is 0 Å². The minimum atomic E-state index is -4.30. The SMILES string of the molecule is COc1cc(OC2CCN(C(=O)CCN3CCC(c4ccc(C(F)(F)F)cc4)CC3)CC2)ccc1N. The summed E-state index contributed by atoms with van der Waals surface area (Å²) in [5.41, 5.74) is 6.77. The number of halogens is 3. The molecule has 0 aromatic heterocycles. The van der Waals surface area contributed by atoms with Crippen LogP contribution in [-0.2, 0) is 11.0 Å². The van der Waals surface area contributed by atoms with Crippen LogP contribution >= 0.6 is 0 Å². The molecule has 2 saturated heterocycles. The fraction of sp³-hybridized carbons (Fsp3) is 0.519. The summed E-state index contributed by atoms with van der Waals surface area (Å²) in [6, 6.07) is 10.9. The Kier molecular flexibility index (Phi) is 8.28. The molecule has 6 nitrogen and oxygen atoms in total. The van der Waals surface area contributed by atoms with Gasteiger partial charge in [-0.15, -0.1) is 0 Å². The Labute approximate surface area is 210 Å². The average molecular weight is 506 g/mol. The van der Waals surface area contributed by atoms with Crippen LogP contribution in [0.4, 0.5) is 18.9 Å². The number of rotatable bonds is 7. The van der Waals surface area contributed by atoms with Crippen molar-refractivity contribution < 1.29 is 27.4 Å². The van der Waals surface area contributed by atoms with Crippen molar-refractivity contribution in [2.45, 2.75) is 50.3 Å². The van der Waals surface area contributed by atoms with Crippen LogP contribution in [0.15, 0.2) is 42.5 Å². The molecule has 2 fully saturated rings. The van der Waals surface area contributed by atoms with Crippen molar-refractivity contribution in [3.8, 4) is 11.5 Å². The number of ether oxygens (including phenoxy) is 2. The fourth-order valence-electron chi connectivity index (χ4n) is 5.03. The van der Waals surface area contributed by atoms with Gasteiger partial charge in [-0.2, -0.15) is 13.2 Å². The van der Waals surface area contributed by atoms with Crippen molar-refractivity contribution in [3.05, 3.63) is 53.6 Å². The Morgan fingerprint density at radius 3 is 2.28 bits per heavy atom. The molecule has 196 valence electrons. The molecule has 0 atom stereocenters. The number of carbonyl (C=O) groups is 1. The summed E-state index contributed by atoms with van der Waals surface area (Å²) in [6.45, 7) is 3.75. The van der Waals surface area contributed by atoms with Crippen LogP contribution in [0.2, 0.25) is 0 Å². The molecule has 2 aliphatic heterocycles. The highest BCUT2D eigenvalue weighted by Gasteiger charge is 2.31. The number of hydrogen-bond donors (Lipinski definition) is 1. The zero-order valence-electron chi connectivity index (χ0n) is 20.6. The first-order valence-corrected chi connectivity index (χ1v) is 12.5. The van der Waals surface area contributed by atoms with E-state index in [-0.39, 0.29) is 17.9 Å². The van der Waals surface area contributed by atoms with Crippen LogP contribution in [0.25, 0.3) is 0 Å². The standard InChI is InChI=1S/C27H34F3N3O3/c1-35-25-18-23(6-7-24(25)31)36-22-10-16-33(17-11-22)26(34)12-15-32-13-8-20(9-14-32)19-2-4-21(5-3-19)27(28,29)30/h2-7,18,20,22H,8-17,31H2,1H3. The number of likely N-dealkylation sites (tertiary alicyclic amines) is 2. The van der Waals surface area contributed by atoms with E-state index >= 15 is 0 Å². The van der Waals surface area contributed by atoms with Gasteiger partial charge in [-0.3, -0.25) is 4.79 Å². The molecule has 0 saturated carbocycles. The number of amides is 1. The van der Waals surface area contributed by atoms with Crippen molar-refractivity contribution >= 4 is 11.6 Å². The maximum atomic E-state index is 12.8. The Balaban J connectivity index is 1.16. The summed E-state index contributed by atoms with van der Waals surface area (Å²) in [4.78, 5) is 17.0. The summed E-state index contributed by atoms with van der Waals surface area (Å²) in [5.74, 6) is 1.72. The van der Waals surface area contributed by atoms with E-state index in [1.807, 2.05) is 11.0 Å². The minimum Gasteiger partial charge on any atom is -0.494 e. The van der Waals surface area contributed by atoms with Gasteiger partial charge >= 0.3 is 6.18 Å². The maximum Gasteiger partial charge on any atom is 0.416 e. The number of carbonyl (C=O) groups excluding carboxylic acids is 1. The van der Waals surface area contributed by atoms with Crippen LogP contribution in [0.1, 0.15) is 49.1 Å². The topological polar surface area (TPSA) is 68.0 Å². The van der Waals surface area contributed by atoms with Crippen LogP contribution in [-0.4, -0.2) is 61.6 Å². The Morgan fingerprint density at radius 2 is 1.67 bits per heavy atom. The van der Waals surface area contributed by atoms with E-state index < -0.39 is 11.7 Å². The van der Waals surface area contributed by atoms with Crippen LogP contribution < -0.4 is 15.2 Å². The Morgan fingerprint density at radius 1 is 1.00 bits per heavy atom. The fourth-order valence-corrected chi connectivity index (χ4v) is 5.03. The molecular weight excluding hydrogens is 471 g/mol. The molecule has 2 heterocycles. The van der Waals surface area contributed by atoms with Crippen LogP contribution in [0, 0.1) is 0 Å². The zero-order valence-corrected chi connectivity index (χ0v) is 20.6. The molecule has 2 N–H and O–H groups in total. The van der Waals surface area contributed by atoms with E-state index in [1.165, 1.54) is 12.1 Å². The van der Waals surface area contributed by atoms with E-state index in [4.69, 9.17) is 15.2 Å². The number of methoxy groups -OCH3 is 1. The number of benzene rings is 2. The predicted octanol–water partition coefficient (Wildman–Crippen LogP) is 4.94. The molecule has 0 aliphatic carbocycles. The number of piperidine rings is 2. The van der Waals surface area contributed by atoms with Crippen molar-refractivity contribution in [3.63, 3.8) is 0 Å². The van der Waals surface area contributed by atoms with Gasteiger partial charge in [0, 0.05) is 45.0 Å². The predicted molar refractivity (Wildman–Crippen MR) is 132 cm³/mol. The largest absolute Gasteiger partial charge is 0.494 e. The average Bonchev–Trinajstić information content (AvgIpc) is 2.88. The van der Waals surface area contributed by atoms with Crippen LogP contribution in [0.5, 0.6) is 11.5 Å². The number of nitrogen functional groups attached to an aromatic ring is 1. The van der Waals surface area contributed by atoms with Crippen molar-refractivity contribution in [1.29, 1.82) is 0 Å².